The number of esters is 1. The number of unbranched alkanes of at least 4 members (excludes halogenated alkanes) is 1. The molecule has 0 aliphatic heterocycles. The lowest BCUT2D eigenvalue weighted by molar-refractivity contribution is -0.140. The summed E-state index contributed by atoms with van der Waals surface area (Å²) in [6, 6.07) is 10.6. The van der Waals surface area contributed by atoms with Crippen LogP contribution in [-0.4, -0.2) is 13.1 Å². The van der Waals surface area contributed by atoms with E-state index in [0.717, 1.165) is 12.8 Å². The second-order valence-electron chi connectivity index (χ2n) is 4.72. The number of methoxy groups -OCH3 is 1. The van der Waals surface area contributed by atoms with Crippen molar-refractivity contribution in [2.75, 3.05) is 7.11 Å². The van der Waals surface area contributed by atoms with E-state index in [0.29, 0.717) is 12.3 Å². The minimum Gasteiger partial charge on any atom is -0.469 e. The van der Waals surface area contributed by atoms with E-state index in [4.69, 9.17) is 0 Å². The van der Waals surface area contributed by atoms with Crippen LogP contribution in [0.15, 0.2) is 30.3 Å². The van der Waals surface area contributed by atoms with Gasteiger partial charge in [0.15, 0.2) is 0 Å². The first-order valence-electron chi connectivity index (χ1n) is 6.89. The van der Waals surface area contributed by atoms with Gasteiger partial charge in [-0.15, -0.1) is 0 Å². The van der Waals surface area contributed by atoms with Crippen LogP contribution in [0.4, 0.5) is 0 Å². The molecular formula is C16H24O2. The lowest BCUT2D eigenvalue weighted by Gasteiger charge is -2.16. The first-order valence-corrected chi connectivity index (χ1v) is 6.89. The van der Waals surface area contributed by atoms with Gasteiger partial charge in [-0.05, 0) is 30.7 Å². The highest BCUT2D eigenvalue weighted by Crippen LogP contribution is 2.27. The fourth-order valence-corrected chi connectivity index (χ4v) is 2.25. The van der Waals surface area contributed by atoms with Crippen molar-refractivity contribution in [3.8, 4) is 0 Å². The Kier molecular flexibility index (Phi) is 7.16. The molecule has 0 radical (unpaired) electrons. The average molecular weight is 248 g/mol. The topological polar surface area (TPSA) is 26.3 Å². The molecule has 1 rings (SSSR count). The fraction of sp³-hybridized carbons (Fsp3) is 0.562. The lowest BCUT2D eigenvalue weighted by atomic mass is 9.89. The number of benzene rings is 1. The van der Waals surface area contributed by atoms with E-state index < -0.39 is 0 Å². The zero-order valence-electron chi connectivity index (χ0n) is 11.5. The third-order valence-corrected chi connectivity index (χ3v) is 3.34. The van der Waals surface area contributed by atoms with E-state index in [1.165, 1.54) is 31.9 Å². The highest BCUT2D eigenvalue weighted by Gasteiger charge is 2.11. The Hall–Kier alpha value is -1.31. The molecule has 1 aromatic rings. The van der Waals surface area contributed by atoms with Gasteiger partial charge in [0.2, 0.25) is 0 Å². The van der Waals surface area contributed by atoms with Crippen LogP contribution in [0, 0.1) is 0 Å². The molecule has 0 fully saturated rings. The molecular weight excluding hydrogens is 224 g/mol. The minimum atomic E-state index is -0.0997. The van der Waals surface area contributed by atoms with E-state index >= 15 is 0 Å². The summed E-state index contributed by atoms with van der Waals surface area (Å²) in [5.41, 5.74) is 1.40. The Labute approximate surface area is 110 Å². The highest BCUT2D eigenvalue weighted by molar-refractivity contribution is 5.68. The van der Waals surface area contributed by atoms with Crippen LogP contribution >= 0.6 is 0 Å². The van der Waals surface area contributed by atoms with Crippen molar-refractivity contribution in [3.63, 3.8) is 0 Å². The summed E-state index contributed by atoms with van der Waals surface area (Å²) >= 11 is 0. The van der Waals surface area contributed by atoms with Crippen LogP contribution in [0.2, 0.25) is 0 Å². The SMILES string of the molecule is CCCCC(CCCC(=O)OC)c1ccccc1. The van der Waals surface area contributed by atoms with Gasteiger partial charge in [0.05, 0.1) is 7.11 Å². The fourth-order valence-electron chi connectivity index (χ4n) is 2.25. The summed E-state index contributed by atoms with van der Waals surface area (Å²) < 4.78 is 4.68. The first kappa shape index (κ1) is 14.7. The normalized spacial score (nSPS) is 12.1. The Morgan fingerprint density at radius 1 is 1.17 bits per heavy atom. The van der Waals surface area contributed by atoms with Gasteiger partial charge in [0, 0.05) is 6.42 Å². The first-order chi connectivity index (χ1) is 8.77. The van der Waals surface area contributed by atoms with Crippen molar-refractivity contribution in [1.29, 1.82) is 0 Å². The van der Waals surface area contributed by atoms with Gasteiger partial charge in [0.25, 0.3) is 0 Å². The van der Waals surface area contributed by atoms with Gasteiger partial charge in [-0.2, -0.15) is 0 Å². The van der Waals surface area contributed by atoms with Crippen molar-refractivity contribution < 1.29 is 9.53 Å². The summed E-state index contributed by atoms with van der Waals surface area (Å²) in [6.45, 7) is 2.22. The van der Waals surface area contributed by atoms with Crippen LogP contribution in [0.1, 0.15) is 56.9 Å². The number of rotatable bonds is 8. The second kappa shape index (κ2) is 8.73. The average Bonchev–Trinajstić information content (AvgIpc) is 2.43. The van der Waals surface area contributed by atoms with Crippen molar-refractivity contribution in [3.05, 3.63) is 35.9 Å². The summed E-state index contributed by atoms with van der Waals surface area (Å²) in [6.07, 6.45) is 6.20. The van der Waals surface area contributed by atoms with E-state index in [-0.39, 0.29) is 5.97 Å². The Bertz CT molecular complexity index is 332. The molecule has 0 N–H and O–H groups in total. The molecule has 0 bridgehead atoms. The van der Waals surface area contributed by atoms with Gasteiger partial charge in [-0.25, -0.2) is 0 Å². The molecule has 1 atom stereocenters. The number of hydrogen-bond acceptors (Lipinski definition) is 2. The molecule has 0 heterocycles. The summed E-state index contributed by atoms with van der Waals surface area (Å²) in [5, 5.41) is 0. The number of carbonyl (C=O) groups is 1. The number of carbonyl (C=O) groups excluding carboxylic acids is 1. The standard InChI is InChI=1S/C16H24O2/c1-3-4-9-14(12-8-13-16(17)18-2)15-10-6-5-7-11-15/h5-7,10-11,14H,3-4,8-9,12-13H2,1-2H3. The van der Waals surface area contributed by atoms with Gasteiger partial charge < -0.3 is 4.74 Å². The van der Waals surface area contributed by atoms with Crippen LogP contribution in [0.3, 0.4) is 0 Å². The maximum absolute atomic E-state index is 11.1. The van der Waals surface area contributed by atoms with Crippen LogP contribution in [0.5, 0.6) is 0 Å². The molecule has 2 nitrogen and oxygen atoms in total. The van der Waals surface area contributed by atoms with E-state index in [9.17, 15) is 4.79 Å². The van der Waals surface area contributed by atoms with Gasteiger partial charge in [0.1, 0.15) is 0 Å². The van der Waals surface area contributed by atoms with Crippen molar-refractivity contribution in [1.82, 2.24) is 0 Å². The summed E-state index contributed by atoms with van der Waals surface area (Å²) in [4.78, 5) is 11.1. The summed E-state index contributed by atoms with van der Waals surface area (Å²) in [5.74, 6) is 0.480. The quantitative estimate of drug-likeness (QED) is 0.641. The van der Waals surface area contributed by atoms with Gasteiger partial charge >= 0.3 is 5.97 Å². The van der Waals surface area contributed by atoms with Crippen molar-refractivity contribution in [2.24, 2.45) is 0 Å². The largest absolute Gasteiger partial charge is 0.469 e. The van der Waals surface area contributed by atoms with E-state index in [2.05, 4.69) is 42.0 Å². The molecule has 1 aromatic carbocycles. The molecule has 18 heavy (non-hydrogen) atoms. The molecule has 0 spiro atoms. The van der Waals surface area contributed by atoms with Gasteiger partial charge in [-0.3, -0.25) is 4.79 Å². The highest BCUT2D eigenvalue weighted by atomic mass is 16.5. The predicted octanol–water partition coefficient (Wildman–Crippen LogP) is 4.30. The second-order valence-corrected chi connectivity index (χ2v) is 4.72. The lowest BCUT2D eigenvalue weighted by Crippen LogP contribution is -2.03. The molecule has 0 aliphatic rings. The maximum atomic E-state index is 11.1. The third kappa shape index (κ3) is 5.35. The molecule has 0 saturated carbocycles. The van der Waals surface area contributed by atoms with Crippen molar-refractivity contribution in [2.45, 2.75) is 51.4 Å². The molecule has 100 valence electrons. The molecule has 0 amide bonds. The van der Waals surface area contributed by atoms with E-state index in [1.807, 2.05) is 0 Å². The molecule has 0 aromatic heterocycles. The zero-order chi connectivity index (χ0) is 13.2. The Morgan fingerprint density at radius 2 is 1.83 bits per heavy atom. The Balaban J connectivity index is 2.48. The monoisotopic (exact) mass is 248 g/mol. The summed E-state index contributed by atoms with van der Waals surface area (Å²) in [7, 11) is 1.45. The smallest absolute Gasteiger partial charge is 0.305 e. The van der Waals surface area contributed by atoms with E-state index in [1.54, 1.807) is 0 Å². The van der Waals surface area contributed by atoms with Crippen LogP contribution in [0.25, 0.3) is 0 Å². The number of hydrogen-bond donors (Lipinski definition) is 0. The van der Waals surface area contributed by atoms with Crippen LogP contribution < -0.4 is 0 Å². The molecule has 2 heteroatoms. The van der Waals surface area contributed by atoms with Crippen LogP contribution in [-0.2, 0) is 9.53 Å². The predicted molar refractivity (Wildman–Crippen MR) is 74.6 cm³/mol. The minimum absolute atomic E-state index is 0.0997. The molecule has 0 aliphatic carbocycles. The number of ether oxygens (including phenoxy) is 1. The molecule has 1 unspecified atom stereocenters. The van der Waals surface area contributed by atoms with Crippen molar-refractivity contribution >= 4 is 5.97 Å². The third-order valence-electron chi connectivity index (χ3n) is 3.34. The molecule has 0 saturated heterocycles. The maximum Gasteiger partial charge on any atom is 0.305 e. The van der Waals surface area contributed by atoms with Gasteiger partial charge in [-0.1, -0.05) is 50.1 Å². The zero-order valence-corrected chi connectivity index (χ0v) is 11.5. The Morgan fingerprint density at radius 3 is 2.44 bits per heavy atom.